The summed E-state index contributed by atoms with van der Waals surface area (Å²) in [6.07, 6.45) is 9.98. The van der Waals surface area contributed by atoms with Crippen LogP contribution in [0.25, 0.3) is 0 Å². The Morgan fingerprint density at radius 1 is 0.967 bits per heavy atom. The first-order valence-corrected chi connectivity index (χ1v) is 12.4. The zero-order chi connectivity index (χ0) is 21.8. The fraction of sp³-hybridized carbons (Fsp3) is 0.800. The summed E-state index contributed by atoms with van der Waals surface area (Å²) in [5, 5.41) is 3.46. The first kappa shape index (κ1) is 25.1. The monoisotopic (exact) mass is 419 g/mol. The van der Waals surface area contributed by atoms with E-state index in [0.717, 1.165) is 24.6 Å². The zero-order valence-corrected chi connectivity index (χ0v) is 20.0. The summed E-state index contributed by atoms with van der Waals surface area (Å²) < 4.78 is 12.3. The molecule has 1 aromatic rings. The molecule has 1 aliphatic carbocycles. The third kappa shape index (κ3) is 8.16. The summed E-state index contributed by atoms with van der Waals surface area (Å²) >= 11 is 0. The van der Waals surface area contributed by atoms with Crippen LogP contribution in [0.2, 0.25) is 0 Å². The van der Waals surface area contributed by atoms with Crippen LogP contribution in [0.1, 0.15) is 71.8 Å². The summed E-state index contributed by atoms with van der Waals surface area (Å²) in [7, 11) is 0. The molecule has 172 valence electrons. The molecule has 1 N–H and O–H groups in total. The minimum Gasteiger partial charge on any atom is -0.474 e. The molecule has 0 amide bonds. The second-order valence-electron chi connectivity index (χ2n) is 8.33. The van der Waals surface area contributed by atoms with Crippen molar-refractivity contribution in [2.24, 2.45) is 5.92 Å². The highest BCUT2D eigenvalue weighted by Crippen LogP contribution is 2.30. The highest BCUT2D eigenvalue weighted by Gasteiger charge is 2.34. The van der Waals surface area contributed by atoms with Gasteiger partial charge in [0.2, 0.25) is 5.88 Å². The first-order chi connectivity index (χ1) is 14.7. The highest BCUT2D eigenvalue weighted by molar-refractivity contribution is 5.19. The van der Waals surface area contributed by atoms with Crippen LogP contribution in [0.5, 0.6) is 5.88 Å². The van der Waals surface area contributed by atoms with Crippen molar-refractivity contribution in [1.82, 2.24) is 15.2 Å². The highest BCUT2D eigenvalue weighted by atomic mass is 16.5. The van der Waals surface area contributed by atoms with Gasteiger partial charge in [-0.3, -0.25) is 0 Å². The predicted octanol–water partition coefficient (Wildman–Crippen LogP) is 4.83. The molecule has 0 radical (unpaired) electrons. The molecule has 0 atom stereocenters. The Kier molecular flexibility index (Phi) is 11.7. The molecule has 1 saturated carbocycles. The molecule has 2 aliphatic heterocycles. The van der Waals surface area contributed by atoms with Crippen molar-refractivity contribution in [2.45, 2.75) is 91.5 Å². The quantitative estimate of drug-likeness (QED) is 0.715. The minimum absolute atomic E-state index is 0.273. The van der Waals surface area contributed by atoms with Crippen molar-refractivity contribution in [2.75, 3.05) is 32.7 Å². The molecule has 3 heterocycles. The van der Waals surface area contributed by atoms with E-state index in [0.29, 0.717) is 12.2 Å². The van der Waals surface area contributed by atoms with Gasteiger partial charge in [-0.2, -0.15) is 0 Å². The van der Waals surface area contributed by atoms with E-state index >= 15 is 0 Å². The Balaban J connectivity index is 0.000000757. The molecule has 0 aromatic carbocycles. The lowest BCUT2D eigenvalue weighted by Crippen LogP contribution is -2.45. The fourth-order valence-corrected chi connectivity index (χ4v) is 4.40. The number of hydrogen-bond donors (Lipinski definition) is 1. The van der Waals surface area contributed by atoms with Crippen molar-refractivity contribution < 1.29 is 9.47 Å². The van der Waals surface area contributed by atoms with Crippen molar-refractivity contribution in [1.29, 1.82) is 0 Å². The van der Waals surface area contributed by atoms with Crippen molar-refractivity contribution in [3.63, 3.8) is 0 Å². The lowest BCUT2D eigenvalue weighted by Gasteiger charge is -2.40. The van der Waals surface area contributed by atoms with Crippen LogP contribution in [-0.4, -0.2) is 60.9 Å². The Morgan fingerprint density at radius 2 is 1.63 bits per heavy atom. The second-order valence-corrected chi connectivity index (χ2v) is 8.33. The average Bonchev–Trinajstić information content (AvgIpc) is 2.77. The summed E-state index contributed by atoms with van der Waals surface area (Å²) in [5.41, 5.74) is 1.19. The number of likely N-dealkylation sites (tertiary alicyclic amines) is 1. The molecular formula is C25H45N3O2. The van der Waals surface area contributed by atoms with E-state index in [1.807, 2.05) is 46.0 Å². The van der Waals surface area contributed by atoms with Gasteiger partial charge in [-0.1, -0.05) is 27.7 Å². The lowest BCUT2D eigenvalue weighted by molar-refractivity contribution is -0.111. The van der Waals surface area contributed by atoms with Crippen LogP contribution in [0.15, 0.2) is 18.3 Å². The van der Waals surface area contributed by atoms with Gasteiger partial charge in [0.25, 0.3) is 0 Å². The van der Waals surface area contributed by atoms with Crippen LogP contribution in [0, 0.1) is 12.8 Å². The maximum atomic E-state index is 6.32. The molecule has 1 aromatic heterocycles. The standard InChI is InChI=1S/C21H33N3O2.2C2H6/c1-16-2-9-23-21(12-16)26-20-13-19(14-20)25-18-5-10-24(11-6-18)15-17-3-7-22-8-4-17;2*1-2/h2,9,12,17-20,22H,3-8,10-11,13-15H2,1H3;2*1-2H3. The van der Waals surface area contributed by atoms with Gasteiger partial charge >= 0.3 is 0 Å². The van der Waals surface area contributed by atoms with Gasteiger partial charge in [0.1, 0.15) is 6.10 Å². The van der Waals surface area contributed by atoms with Gasteiger partial charge < -0.3 is 19.7 Å². The molecule has 0 spiro atoms. The largest absolute Gasteiger partial charge is 0.474 e. The van der Waals surface area contributed by atoms with E-state index in [1.54, 1.807) is 0 Å². The molecule has 0 bridgehead atoms. The van der Waals surface area contributed by atoms with Crippen LogP contribution in [-0.2, 0) is 4.74 Å². The number of ether oxygens (including phenoxy) is 2. The summed E-state index contributed by atoms with van der Waals surface area (Å²) in [6, 6.07) is 4.00. The Bertz CT molecular complexity index is 563. The number of nitrogens with zero attached hydrogens (tertiary/aromatic N) is 2. The molecular weight excluding hydrogens is 374 g/mol. The number of nitrogens with one attached hydrogen (secondary N) is 1. The smallest absolute Gasteiger partial charge is 0.213 e. The topological polar surface area (TPSA) is 46.6 Å². The summed E-state index contributed by atoms with van der Waals surface area (Å²) in [4.78, 5) is 6.94. The SMILES string of the molecule is CC.CC.Cc1ccnc(OC2CC(OC3CCN(CC4CCNCC4)CC3)C2)c1. The Labute approximate surface area is 184 Å². The van der Waals surface area contributed by atoms with E-state index in [4.69, 9.17) is 9.47 Å². The van der Waals surface area contributed by atoms with Crippen LogP contribution < -0.4 is 10.1 Å². The van der Waals surface area contributed by atoms with E-state index < -0.39 is 0 Å². The number of pyridine rings is 1. The molecule has 5 heteroatoms. The van der Waals surface area contributed by atoms with Crippen molar-refractivity contribution >= 4 is 0 Å². The normalized spacial score (nSPS) is 25.2. The van der Waals surface area contributed by atoms with Crippen LogP contribution >= 0.6 is 0 Å². The summed E-state index contributed by atoms with van der Waals surface area (Å²) in [6.45, 7) is 16.2. The van der Waals surface area contributed by atoms with Crippen LogP contribution in [0.4, 0.5) is 0 Å². The van der Waals surface area contributed by atoms with Crippen LogP contribution in [0.3, 0.4) is 0 Å². The molecule has 4 rings (SSSR count). The number of hydrogen-bond acceptors (Lipinski definition) is 5. The molecule has 3 aliphatic rings. The minimum atomic E-state index is 0.273. The predicted molar refractivity (Wildman–Crippen MR) is 125 cm³/mol. The third-order valence-electron chi connectivity index (χ3n) is 6.12. The zero-order valence-electron chi connectivity index (χ0n) is 20.0. The van der Waals surface area contributed by atoms with Gasteiger partial charge in [-0.15, -0.1) is 0 Å². The molecule has 30 heavy (non-hydrogen) atoms. The average molecular weight is 420 g/mol. The van der Waals surface area contributed by atoms with E-state index in [9.17, 15) is 0 Å². The lowest BCUT2D eigenvalue weighted by atomic mass is 9.91. The number of rotatable bonds is 6. The van der Waals surface area contributed by atoms with Crippen molar-refractivity contribution in [3.8, 4) is 5.88 Å². The number of aryl methyl sites for hydroxylation is 1. The number of piperidine rings is 2. The Morgan fingerprint density at radius 3 is 2.27 bits per heavy atom. The van der Waals surface area contributed by atoms with Crippen molar-refractivity contribution in [3.05, 3.63) is 23.9 Å². The Hall–Kier alpha value is -1.17. The first-order valence-electron chi connectivity index (χ1n) is 12.4. The van der Waals surface area contributed by atoms with E-state index in [-0.39, 0.29) is 6.10 Å². The second kappa shape index (κ2) is 14.0. The molecule has 3 fully saturated rings. The van der Waals surface area contributed by atoms with Gasteiger partial charge in [-0.05, 0) is 63.2 Å². The fourth-order valence-electron chi connectivity index (χ4n) is 4.40. The van der Waals surface area contributed by atoms with E-state index in [1.165, 1.54) is 64.0 Å². The van der Waals surface area contributed by atoms with Gasteiger partial charge in [0.15, 0.2) is 0 Å². The van der Waals surface area contributed by atoms with Gasteiger partial charge in [0.05, 0.1) is 12.2 Å². The molecule has 5 nitrogen and oxygen atoms in total. The van der Waals surface area contributed by atoms with Gasteiger partial charge in [0, 0.05) is 44.7 Å². The maximum absolute atomic E-state index is 6.32. The summed E-state index contributed by atoms with van der Waals surface area (Å²) in [5.74, 6) is 1.65. The molecule has 0 unspecified atom stereocenters. The molecule has 2 saturated heterocycles. The van der Waals surface area contributed by atoms with Gasteiger partial charge in [-0.25, -0.2) is 4.98 Å². The van der Waals surface area contributed by atoms with E-state index in [2.05, 4.69) is 22.1 Å². The number of aromatic nitrogens is 1. The third-order valence-corrected chi connectivity index (χ3v) is 6.12. The maximum Gasteiger partial charge on any atom is 0.213 e.